The molecule has 0 atom stereocenters. The second-order valence-electron chi connectivity index (χ2n) is 7.86. The summed E-state index contributed by atoms with van der Waals surface area (Å²) in [5.74, 6) is -0.488. The van der Waals surface area contributed by atoms with Gasteiger partial charge in [0.25, 0.3) is 5.91 Å². The van der Waals surface area contributed by atoms with Gasteiger partial charge in [0.2, 0.25) is 0 Å². The summed E-state index contributed by atoms with van der Waals surface area (Å²) in [6, 6.07) is 8.87. The maximum atomic E-state index is 14.6. The Labute approximate surface area is 181 Å². The fraction of sp³-hybridized carbons (Fsp3) is 0.240. The van der Waals surface area contributed by atoms with Crippen molar-refractivity contribution < 1.29 is 9.18 Å². The molecule has 0 radical (unpaired) electrons. The molecule has 1 aliphatic rings. The molecule has 1 aliphatic carbocycles. The minimum absolute atomic E-state index is 0.161. The number of aryl methyl sites for hydroxylation is 1. The fourth-order valence-corrected chi connectivity index (χ4v) is 3.36. The molecule has 0 spiro atoms. The summed E-state index contributed by atoms with van der Waals surface area (Å²) in [5, 5.41) is 6.32. The van der Waals surface area contributed by atoms with Crippen molar-refractivity contribution in [3.8, 4) is 11.3 Å². The van der Waals surface area contributed by atoms with Crippen molar-refractivity contribution in [2.75, 3.05) is 5.32 Å². The lowest BCUT2D eigenvalue weighted by Gasteiger charge is -2.16. The molecular weight excluding hydrogens is 391 g/mol. The first kappa shape index (κ1) is 20.7. The number of rotatable bonds is 7. The van der Waals surface area contributed by atoms with Crippen molar-refractivity contribution in [3.63, 3.8) is 0 Å². The van der Waals surface area contributed by atoms with Crippen LogP contribution >= 0.6 is 0 Å². The minimum Gasteiger partial charge on any atom is -0.354 e. The predicted octanol–water partition coefficient (Wildman–Crippen LogP) is 5.51. The molecule has 4 rings (SSSR count). The molecule has 2 heterocycles. The smallest absolute Gasteiger partial charge is 0.255 e. The average Bonchev–Trinajstić information content (AvgIpc) is 3.58. The zero-order chi connectivity index (χ0) is 22.0. The summed E-state index contributed by atoms with van der Waals surface area (Å²) < 4.78 is 14.6. The molecule has 1 saturated carbocycles. The number of carbonyl (C=O) groups excluding carboxylic acids is 1. The molecule has 2 aromatic heterocycles. The number of halogens is 1. The summed E-state index contributed by atoms with van der Waals surface area (Å²) in [7, 11) is 0. The van der Waals surface area contributed by atoms with Crippen LogP contribution in [0.3, 0.4) is 0 Å². The van der Waals surface area contributed by atoms with Crippen molar-refractivity contribution in [1.29, 1.82) is 0 Å². The summed E-state index contributed by atoms with van der Waals surface area (Å²) in [5.41, 5.74) is 5.37. The van der Waals surface area contributed by atoms with Crippen molar-refractivity contribution in [2.45, 2.75) is 39.2 Å². The predicted molar refractivity (Wildman–Crippen MR) is 122 cm³/mol. The SMILES string of the molecule is C=C(C)c1cnc(-c2cc(CC)ccc2F)cc1Nc1ccncc1C(=O)NC1CC1. The van der Waals surface area contributed by atoms with E-state index in [1.807, 2.05) is 19.9 Å². The van der Waals surface area contributed by atoms with Gasteiger partial charge < -0.3 is 10.6 Å². The van der Waals surface area contributed by atoms with Crippen LogP contribution in [0.1, 0.15) is 48.2 Å². The Balaban J connectivity index is 1.74. The van der Waals surface area contributed by atoms with Crippen LogP contribution in [0.15, 0.2) is 55.5 Å². The number of hydrogen-bond acceptors (Lipinski definition) is 4. The van der Waals surface area contributed by atoms with Gasteiger partial charge in [0, 0.05) is 41.4 Å². The summed E-state index contributed by atoms with van der Waals surface area (Å²) in [4.78, 5) is 21.2. The highest BCUT2D eigenvalue weighted by molar-refractivity contribution is 6.00. The molecule has 5 nitrogen and oxygen atoms in total. The maximum Gasteiger partial charge on any atom is 0.255 e. The van der Waals surface area contributed by atoms with Crippen LogP contribution < -0.4 is 10.6 Å². The number of hydrogen-bond donors (Lipinski definition) is 2. The van der Waals surface area contributed by atoms with E-state index in [9.17, 15) is 9.18 Å². The topological polar surface area (TPSA) is 66.9 Å². The Morgan fingerprint density at radius 2 is 1.97 bits per heavy atom. The quantitative estimate of drug-likeness (QED) is 0.533. The molecule has 6 heteroatoms. The number of pyridine rings is 2. The van der Waals surface area contributed by atoms with Gasteiger partial charge in [0.1, 0.15) is 5.82 Å². The summed E-state index contributed by atoms with van der Waals surface area (Å²) >= 11 is 0. The third-order valence-electron chi connectivity index (χ3n) is 5.33. The van der Waals surface area contributed by atoms with E-state index < -0.39 is 0 Å². The van der Waals surface area contributed by atoms with Crippen molar-refractivity contribution >= 4 is 22.9 Å². The normalized spacial score (nSPS) is 13.0. The average molecular weight is 417 g/mol. The number of nitrogens with one attached hydrogen (secondary N) is 2. The van der Waals surface area contributed by atoms with E-state index in [4.69, 9.17) is 0 Å². The van der Waals surface area contributed by atoms with Crippen molar-refractivity contribution in [1.82, 2.24) is 15.3 Å². The molecule has 0 bridgehead atoms. The van der Waals surface area contributed by atoms with Crippen molar-refractivity contribution in [3.05, 3.63) is 78.0 Å². The molecule has 1 aromatic carbocycles. The third-order valence-corrected chi connectivity index (χ3v) is 5.33. The van der Waals surface area contributed by atoms with Gasteiger partial charge in [-0.1, -0.05) is 19.6 Å². The standard InChI is InChI=1S/C25H25FN4O/c1-4-16-5-8-21(26)18(11-16)23-12-24(19(14-28-23)15(2)3)30-22-9-10-27-13-20(22)25(31)29-17-6-7-17/h5,8-14,17H,2,4,6-7H2,1,3H3,(H,29,31)(H,27,28,30). The van der Waals surface area contributed by atoms with Crippen LogP contribution in [-0.4, -0.2) is 21.9 Å². The highest BCUT2D eigenvalue weighted by Crippen LogP contribution is 2.32. The van der Waals surface area contributed by atoms with E-state index in [2.05, 4.69) is 27.2 Å². The van der Waals surface area contributed by atoms with E-state index in [0.29, 0.717) is 28.2 Å². The van der Waals surface area contributed by atoms with Gasteiger partial charge in [-0.2, -0.15) is 0 Å². The lowest BCUT2D eigenvalue weighted by Crippen LogP contribution is -2.26. The Morgan fingerprint density at radius 1 is 1.16 bits per heavy atom. The largest absolute Gasteiger partial charge is 0.354 e. The van der Waals surface area contributed by atoms with E-state index >= 15 is 0 Å². The van der Waals surface area contributed by atoms with E-state index in [1.54, 1.807) is 36.8 Å². The number of amides is 1. The van der Waals surface area contributed by atoms with Gasteiger partial charge in [-0.15, -0.1) is 0 Å². The molecule has 2 N–H and O–H groups in total. The van der Waals surface area contributed by atoms with Crippen molar-refractivity contribution in [2.24, 2.45) is 0 Å². The number of benzene rings is 1. The first-order valence-electron chi connectivity index (χ1n) is 10.4. The molecular formula is C25H25FN4O. The Bertz CT molecular complexity index is 1150. The van der Waals surface area contributed by atoms with Gasteiger partial charge in [-0.25, -0.2) is 4.39 Å². The molecule has 1 amide bonds. The van der Waals surface area contributed by atoms with Crippen LogP contribution in [0.25, 0.3) is 16.8 Å². The fourth-order valence-electron chi connectivity index (χ4n) is 3.36. The number of anilines is 2. The summed E-state index contributed by atoms with van der Waals surface area (Å²) in [6.45, 7) is 7.94. The number of aromatic nitrogens is 2. The third kappa shape index (κ3) is 4.63. The number of allylic oxidation sites excluding steroid dienone is 1. The van der Waals surface area contributed by atoms with Gasteiger partial charge in [0.15, 0.2) is 0 Å². The lowest BCUT2D eigenvalue weighted by atomic mass is 10.0. The van der Waals surface area contributed by atoms with E-state index in [0.717, 1.165) is 36.0 Å². The van der Waals surface area contributed by atoms with Gasteiger partial charge >= 0.3 is 0 Å². The molecule has 31 heavy (non-hydrogen) atoms. The molecule has 0 saturated heterocycles. The van der Waals surface area contributed by atoms with Gasteiger partial charge in [-0.3, -0.25) is 14.8 Å². The lowest BCUT2D eigenvalue weighted by molar-refractivity contribution is 0.0951. The highest BCUT2D eigenvalue weighted by Gasteiger charge is 2.25. The Hall–Kier alpha value is -3.54. The Kier molecular flexibility index (Phi) is 5.80. The number of carbonyl (C=O) groups is 1. The van der Waals surface area contributed by atoms with E-state index in [1.165, 1.54) is 6.07 Å². The second-order valence-corrected chi connectivity index (χ2v) is 7.86. The van der Waals surface area contributed by atoms with E-state index in [-0.39, 0.29) is 17.8 Å². The first-order chi connectivity index (χ1) is 15.0. The zero-order valence-corrected chi connectivity index (χ0v) is 17.7. The maximum absolute atomic E-state index is 14.6. The monoisotopic (exact) mass is 416 g/mol. The second kappa shape index (κ2) is 8.68. The summed E-state index contributed by atoms with van der Waals surface area (Å²) in [6.07, 6.45) is 7.67. The molecule has 0 aliphatic heterocycles. The molecule has 158 valence electrons. The van der Waals surface area contributed by atoms with Crippen LogP contribution in [-0.2, 0) is 6.42 Å². The minimum atomic E-state index is -0.327. The van der Waals surface area contributed by atoms with Gasteiger partial charge in [-0.05, 0) is 61.6 Å². The van der Waals surface area contributed by atoms with Crippen LogP contribution in [0.5, 0.6) is 0 Å². The van der Waals surface area contributed by atoms with Crippen LogP contribution in [0.4, 0.5) is 15.8 Å². The van der Waals surface area contributed by atoms with Gasteiger partial charge in [0.05, 0.1) is 16.9 Å². The number of nitrogens with zero attached hydrogens (tertiary/aromatic N) is 2. The van der Waals surface area contributed by atoms with Crippen LogP contribution in [0, 0.1) is 5.82 Å². The Morgan fingerprint density at radius 3 is 2.68 bits per heavy atom. The first-order valence-corrected chi connectivity index (χ1v) is 10.4. The molecule has 3 aromatic rings. The molecule has 1 fully saturated rings. The molecule has 0 unspecified atom stereocenters. The van der Waals surface area contributed by atoms with Crippen LogP contribution in [0.2, 0.25) is 0 Å². The zero-order valence-electron chi connectivity index (χ0n) is 17.7. The highest BCUT2D eigenvalue weighted by atomic mass is 19.1.